The molecule has 0 bridgehead atoms. The van der Waals surface area contributed by atoms with Crippen molar-refractivity contribution in [3.05, 3.63) is 34.5 Å². The maximum absolute atomic E-state index is 13.2. The van der Waals surface area contributed by atoms with E-state index in [1.165, 1.54) is 15.1 Å². The van der Waals surface area contributed by atoms with Crippen LogP contribution in [0.1, 0.15) is 31.5 Å². The normalized spacial score (nSPS) is 19.0. The number of nitrogens with zero attached hydrogens (tertiary/aromatic N) is 6. The number of sulfonamides is 1. The van der Waals surface area contributed by atoms with Gasteiger partial charge in [-0.25, -0.2) is 22.5 Å². The van der Waals surface area contributed by atoms with Gasteiger partial charge in [-0.3, -0.25) is 4.57 Å². The van der Waals surface area contributed by atoms with E-state index in [1.54, 1.807) is 23.7 Å². The van der Waals surface area contributed by atoms with Gasteiger partial charge in [-0.1, -0.05) is 6.07 Å². The molecule has 27 heavy (non-hydrogen) atoms. The van der Waals surface area contributed by atoms with E-state index in [4.69, 9.17) is 4.63 Å². The average Bonchev–Trinajstić information content (AvgIpc) is 3.26. The van der Waals surface area contributed by atoms with Crippen molar-refractivity contribution >= 4 is 21.1 Å². The largest absolute Gasteiger partial charge is 0.345 e. The molecule has 10 nitrogen and oxygen atoms in total. The monoisotopic (exact) mass is 392 g/mol. The van der Waals surface area contributed by atoms with E-state index in [2.05, 4.69) is 15.4 Å². The van der Waals surface area contributed by atoms with Crippen LogP contribution in [-0.2, 0) is 23.6 Å². The molecule has 0 spiro atoms. The fraction of sp³-hybridized carbons (Fsp3) is 0.500. The highest BCUT2D eigenvalue weighted by Gasteiger charge is 2.35. The number of rotatable bonds is 4. The first-order valence-corrected chi connectivity index (χ1v) is 10.2. The summed E-state index contributed by atoms with van der Waals surface area (Å²) in [4.78, 5) is 12.3. The summed E-state index contributed by atoms with van der Waals surface area (Å²) in [6.45, 7) is 3.04. The molecule has 1 aliphatic rings. The van der Waals surface area contributed by atoms with Gasteiger partial charge >= 0.3 is 5.69 Å². The van der Waals surface area contributed by atoms with Crippen LogP contribution in [-0.4, -0.2) is 50.5 Å². The fourth-order valence-electron chi connectivity index (χ4n) is 3.62. The first-order valence-electron chi connectivity index (χ1n) is 8.78. The molecule has 1 aromatic carbocycles. The van der Waals surface area contributed by atoms with Gasteiger partial charge in [0.05, 0.1) is 0 Å². The molecule has 1 aliphatic heterocycles. The molecule has 0 aliphatic carbocycles. The Morgan fingerprint density at radius 3 is 2.89 bits per heavy atom. The Balaban J connectivity index is 1.70. The topological polar surface area (TPSA) is 116 Å². The molecule has 1 fully saturated rings. The fourth-order valence-corrected chi connectivity index (χ4v) is 5.28. The zero-order chi connectivity index (χ0) is 19.2. The quantitative estimate of drug-likeness (QED) is 0.642. The zero-order valence-electron chi connectivity index (χ0n) is 15.1. The molecule has 4 rings (SSSR count). The van der Waals surface area contributed by atoms with Crippen LogP contribution in [0, 0.1) is 0 Å². The Morgan fingerprint density at radius 2 is 2.11 bits per heavy atom. The van der Waals surface area contributed by atoms with Crippen LogP contribution in [0.2, 0.25) is 0 Å². The summed E-state index contributed by atoms with van der Waals surface area (Å²) >= 11 is 0. The van der Waals surface area contributed by atoms with E-state index in [0.717, 1.165) is 6.42 Å². The van der Waals surface area contributed by atoms with E-state index in [0.29, 0.717) is 30.9 Å². The minimum Gasteiger partial charge on any atom is -0.279 e. The van der Waals surface area contributed by atoms with Crippen LogP contribution in [0.25, 0.3) is 11.0 Å². The molecule has 1 saturated heterocycles. The minimum absolute atomic E-state index is 0.0794. The molecular weight excluding hydrogens is 372 g/mol. The summed E-state index contributed by atoms with van der Waals surface area (Å²) in [7, 11) is -2.17. The van der Waals surface area contributed by atoms with Gasteiger partial charge in [0.15, 0.2) is 5.52 Å². The van der Waals surface area contributed by atoms with Crippen molar-refractivity contribution in [3.63, 3.8) is 0 Å². The maximum atomic E-state index is 13.2. The summed E-state index contributed by atoms with van der Waals surface area (Å²) in [5, 5.41) is 11.8. The van der Waals surface area contributed by atoms with Gasteiger partial charge in [-0.2, -0.15) is 9.40 Å². The van der Waals surface area contributed by atoms with Gasteiger partial charge in [-0.15, -0.1) is 0 Å². The predicted octanol–water partition coefficient (Wildman–Crippen LogP) is 0.706. The van der Waals surface area contributed by atoms with Gasteiger partial charge < -0.3 is 0 Å². The molecule has 0 radical (unpaired) electrons. The van der Waals surface area contributed by atoms with Crippen molar-refractivity contribution in [3.8, 4) is 0 Å². The Kier molecular flexibility index (Phi) is 4.35. The zero-order valence-corrected chi connectivity index (χ0v) is 15.9. The summed E-state index contributed by atoms with van der Waals surface area (Å²) in [5.41, 5.74) is 0.433. The van der Waals surface area contributed by atoms with Crippen LogP contribution in [0.15, 0.2) is 32.5 Å². The molecule has 3 aromatic rings. The lowest BCUT2D eigenvalue weighted by molar-refractivity contribution is 0.303. The molecule has 3 heterocycles. The van der Waals surface area contributed by atoms with E-state index >= 15 is 0 Å². The van der Waals surface area contributed by atoms with Crippen molar-refractivity contribution < 1.29 is 13.0 Å². The Morgan fingerprint density at radius 1 is 1.30 bits per heavy atom. The first kappa shape index (κ1) is 17.9. The van der Waals surface area contributed by atoms with E-state index in [9.17, 15) is 13.2 Å². The lowest BCUT2D eigenvalue weighted by Crippen LogP contribution is -2.40. The lowest BCUT2D eigenvalue weighted by atomic mass is 9.99. The summed E-state index contributed by atoms with van der Waals surface area (Å²) < 4.78 is 35.5. The Hall–Kier alpha value is -2.53. The molecule has 0 saturated carbocycles. The van der Waals surface area contributed by atoms with Gasteiger partial charge in [0.1, 0.15) is 16.2 Å². The van der Waals surface area contributed by atoms with Crippen LogP contribution in [0.3, 0.4) is 0 Å². The van der Waals surface area contributed by atoms with Gasteiger partial charge in [-0.05, 0) is 42.2 Å². The third-order valence-corrected chi connectivity index (χ3v) is 6.87. The maximum Gasteiger partial charge on any atom is 0.345 e. The third kappa shape index (κ3) is 2.86. The number of hydrogen-bond acceptors (Lipinski definition) is 7. The second-order valence-electron chi connectivity index (χ2n) is 6.60. The highest BCUT2D eigenvalue weighted by Crippen LogP contribution is 2.31. The van der Waals surface area contributed by atoms with Crippen LogP contribution < -0.4 is 5.69 Å². The van der Waals surface area contributed by atoms with Crippen LogP contribution in [0.5, 0.6) is 0 Å². The summed E-state index contributed by atoms with van der Waals surface area (Å²) in [5.74, 6) is 0.489. The first-order chi connectivity index (χ1) is 12.9. The predicted molar refractivity (Wildman–Crippen MR) is 95.7 cm³/mol. The molecule has 144 valence electrons. The number of benzene rings is 1. The lowest BCUT2D eigenvalue weighted by Gasteiger charge is -2.31. The SMILES string of the molecule is CCn1c([C@H]2CCCN(S(=O)(=O)c3cccc4nonc34)C2)nn(C)c1=O. The van der Waals surface area contributed by atoms with Gasteiger partial charge in [0.25, 0.3) is 0 Å². The van der Waals surface area contributed by atoms with Gasteiger partial charge in [0.2, 0.25) is 10.0 Å². The van der Waals surface area contributed by atoms with Crippen molar-refractivity contribution in [2.75, 3.05) is 13.1 Å². The molecule has 1 atom stereocenters. The number of piperidine rings is 1. The molecule has 2 aromatic heterocycles. The summed E-state index contributed by atoms with van der Waals surface area (Å²) in [6.07, 6.45) is 1.46. The standard InChI is InChI=1S/C16H20N6O4S/c1-3-22-15(17-20(2)16(22)23)11-6-5-9-21(10-11)27(24,25)13-8-4-7-12-14(13)19-26-18-12/h4,7-8,11H,3,5-6,9-10H2,1-2H3/t11-/m0/s1. The van der Waals surface area contributed by atoms with Crippen molar-refractivity contribution in [1.29, 1.82) is 0 Å². The van der Waals surface area contributed by atoms with Crippen molar-refractivity contribution in [2.45, 2.75) is 37.1 Å². The van der Waals surface area contributed by atoms with Crippen molar-refractivity contribution in [2.24, 2.45) is 7.05 Å². The number of aryl methyl sites for hydroxylation is 1. The molecule has 0 N–H and O–H groups in total. The highest BCUT2D eigenvalue weighted by molar-refractivity contribution is 7.89. The highest BCUT2D eigenvalue weighted by atomic mass is 32.2. The smallest absolute Gasteiger partial charge is 0.279 e. The molecular formula is C16H20N6O4S. The summed E-state index contributed by atoms with van der Waals surface area (Å²) in [6, 6.07) is 4.78. The van der Waals surface area contributed by atoms with Crippen LogP contribution >= 0.6 is 0 Å². The number of aromatic nitrogens is 5. The second kappa shape index (κ2) is 6.57. The average molecular weight is 392 g/mol. The number of fused-ring (bicyclic) bond motifs is 1. The van der Waals surface area contributed by atoms with Gasteiger partial charge in [0, 0.05) is 32.6 Å². The second-order valence-corrected chi connectivity index (χ2v) is 8.51. The molecule has 0 unspecified atom stereocenters. The van der Waals surface area contributed by atoms with Crippen LogP contribution in [0.4, 0.5) is 0 Å². The van der Waals surface area contributed by atoms with E-state index < -0.39 is 10.0 Å². The molecule has 0 amide bonds. The minimum atomic E-state index is -3.77. The van der Waals surface area contributed by atoms with E-state index in [1.807, 2.05) is 6.92 Å². The molecule has 11 heteroatoms. The van der Waals surface area contributed by atoms with E-state index in [-0.39, 0.29) is 28.6 Å². The van der Waals surface area contributed by atoms with Crippen molar-refractivity contribution in [1.82, 2.24) is 29.0 Å². The Bertz CT molecular complexity index is 1150. The number of hydrogen-bond donors (Lipinski definition) is 0. The Labute approximate surface area is 155 Å². The third-order valence-electron chi connectivity index (χ3n) is 4.97.